The van der Waals surface area contributed by atoms with Gasteiger partial charge in [0.25, 0.3) is 0 Å². The maximum atomic E-state index is 12.0. The first-order chi connectivity index (χ1) is 15.0. The molecule has 2 fully saturated rings. The van der Waals surface area contributed by atoms with Crippen molar-refractivity contribution < 1.29 is 4.79 Å². The molecule has 4 heterocycles. The monoisotopic (exact) mass is 421 g/mol. The molecule has 0 aliphatic carbocycles. The van der Waals surface area contributed by atoms with Gasteiger partial charge in [-0.25, -0.2) is 4.98 Å². The van der Waals surface area contributed by atoms with Crippen LogP contribution in [0.15, 0.2) is 30.3 Å². The van der Waals surface area contributed by atoms with E-state index in [-0.39, 0.29) is 11.9 Å². The highest BCUT2D eigenvalue weighted by molar-refractivity contribution is 5.73. The molecule has 1 aromatic carbocycles. The largest absolute Gasteiger partial charge is 0.337 e. The van der Waals surface area contributed by atoms with Gasteiger partial charge in [-0.1, -0.05) is 30.3 Å². The molecule has 3 aliphatic heterocycles. The molecule has 5 rings (SSSR count). The number of piperidine rings is 1. The maximum Gasteiger partial charge on any atom is 0.219 e. The highest BCUT2D eigenvalue weighted by Gasteiger charge is 2.42. The van der Waals surface area contributed by atoms with E-state index in [9.17, 15) is 4.79 Å². The second-order valence-electron chi connectivity index (χ2n) is 9.67. The number of rotatable bonds is 5. The lowest BCUT2D eigenvalue weighted by atomic mass is 9.95. The molecule has 0 saturated carbocycles. The summed E-state index contributed by atoms with van der Waals surface area (Å²) in [6.07, 6.45) is 6.83. The molecule has 2 bridgehead atoms. The standard InChI is InChI=1S/C25H35N5O/c1-17-27-24-11-12-28(18(2)31)16-25(24)30(17)22-14-20-8-9-21(15-22)29(20)13-10-23(26)19-6-4-3-5-7-19/h3-7,20-23H,8-16,26H2,1-2H3/t20-,21+,22?,23-/m0/s1. The molecule has 0 radical (unpaired) electrons. The van der Waals surface area contributed by atoms with E-state index >= 15 is 0 Å². The summed E-state index contributed by atoms with van der Waals surface area (Å²) in [5.41, 5.74) is 10.2. The fourth-order valence-electron chi connectivity index (χ4n) is 6.25. The van der Waals surface area contributed by atoms with Crippen LogP contribution in [0.1, 0.15) is 73.9 Å². The third-order valence-electron chi connectivity index (χ3n) is 7.82. The highest BCUT2D eigenvalue weighted by atomic mass is 16.2. The van der Waals surface area contributed by atoms with Gasteiger partial charge < -0.3 is 15.2 Å². The molecule has 2 N–H and O–H groups in total. The zero-order valence-corrected chi connectivity index (χ0v) is 18.8. The number of carbonyl (C=O) groups is 1. The zero-order valence-electron chi connectivity index (χ0n) is 18.8. The summed E-state index contributed by atoms with van der Waals surface area (Å²) < 4.78 is 2.49. The number of imidazole rings is 1. The fourth-order valence-corrected chi connectivity index (χ4v) is 6.25. The van der Waals surface area contributed by atoms with Crippen LogP contribution in [-0.4, -0.2) is 50.4 Å². The number of nitrogens with two attached hydrogens (primary N) is 1. The molecule has 6 nitrogen and oxygen atoms in total. The van der Waals surface area contributed by atoms with Crippen molar-refractivity contribution in [2.75, 3.05) is 13.1 Å². The van der Waals surface area contributed by atoms with Crippen molar-refractivity contribution in [3.8, 4) is 0 Å². The van der Waals surface area contributed by atoms with Gasteiger partial charge in [-0.15, -0.1) is 0 Å². The normalized spacial score (nSPS) is 26.7. The van der Waals surface area contributed by atoms with Gasteiger partial charge in [0, 0.05) is 50.6 Å². The van der Waals surface area contributed by atoms with Crippen LogP contribution >= 0.6 is 0 Å². The molecule has 1 unspecified atom stereocenters. The van der Waals surface area contributed by atoms with E-state index in [0.717, 1.165) is 31.8 Å². The predicted octanol–water partition coefficient (Wildman–Crippen LogP) is 3.35. The SMILES string of the molecule is CC(=O)N1CCc2nc(C)n(C3C[C@H]4CC[C@@H](C3)N4CC[C@H](N)c3ccccc3)c2C1. The van der Waals surface area contributed by atoms with Gasteiger partial charge in [0.1, 0.15) is 5.82 Å². The smallest absolute Gasteiger partial charge is 0.219 e. The second kappa shape index (κ2) is 8.40. The molecular weight excluding hydrogens is 386 g/mol. The molecule has 31 heavy (non-hydrogen) atoms. The van der Waals surface area contributed by atoms with Crippen molar-refractivity contribution in [3.63, 3.8) is 0 Å². The summed E-state index contributed by atoms with van der Waals surface area (Å²) in [4.78, 5) is 21.6. The molecule has 6 heteroatoms. The molecule has 1 aromatic heterocycles. The van der Waals surface area contributed by atoms with Crippen molar-refractivity contribution in [2.24, 2.45) is 5.73 Å². The first-order valence-electron chi connectivity index (χ1n) is 11.9. The van der Waals surface area contributed by atoms with Gasteiger partial charge >= 0.3 is 0 Å². The molecular formula is C25H35N5O. The van der Waals surface area contributed by atoms with Crippen LogP contribution in [0.4, 0.5) is 0 Å². The van der Waals surface area contributed by atoms with Gasteiger partial charge in [0.15, 0.2) is 0 Å². The lowest BCUT2D eigenvalue weighted by molar-refractivity contribution is -0.129. The zero-order chi connectivity index (χ0) is 21.5. The Morgan fingerprint density at radius 2 is 1.87 bits per heavy atom. The maximum absolute atomic E-state index is 12.0. The summed E-state index contributed by atoms with van der Waals surface area (Å²) in [6.45, 7) is 6.41. The van der Waals surface area contributed by atoms with Gasteiger partial charge in [-0.3, -0.25) is 9.69 Å². The van der Waals surface area contributed by atoms with Crippen molar-refractivity contribution in [1.29, 1.82) is 0 Å². The van der Waals surface area contributed by atoms with Crippen LogP contribution < -0.4 is 5.73 Å². The van der Waals surface area contributed by atoms with Gasteiger partial charge in [0.05, 0.1) is 17.9 Å². The Kier molecular flexibility index (Phi) is 5.61. The second-order valence-corrected chi connectivity index (χ2v) is 9.67. The molecule has 3 aliphatic rings. The minimum Gasteiger partial charge on any atom is -0.337 e. The number of nitrogens with zero attached hydrogens (tertiary/aromatic N) is 4. The number of hydrogen-bond donors (Lipinski definition) is 1. The average molecular weight is 422 g/mol. The Labute approximate surface area is 185 Å². The van der Waals surface area contributed by atoms with Gasteiger partial charge in [-0.05, 0) is 44.6 Å². The number of benzene rings is 1. The van der Waals surface area contributed by atoms with E-state index < -0.39 is 0 Å². The summed E-state index contributed by atoms with van der Waals surface area (Å²) in [5.74, 6) is 1.29. The predicted molar refractivity (Wildman–Crippen MR) is 122 cm³/mol. The quantitative estimate of drug-likeness (QED) is 0.804. The minimum atomic E-state index is 0.110. The molecule has 2 aromatic rings. The van der Waals surface area contributed by atoms with Crippen LogP contribution in [0.3, 0.4) is 0 Å². The van der Waals surface area contributed by atoms with Crippen LogP contribution in [0.2, 0.25) is 0 Å². The summed E-state index contributed by atoms with van der Waals surface area (Å²) in [6, 6.07) is 12.4. The molecule has 4 atom stereocenters. The lowest BCUT2D eigenvalue weighted by Gasteiger charge is -2.41. The first kappa shape index (κ1) is 20.7. The Balaban J connectivity index is 1.28. The van der Waals surface area contributed by atoms with E-state index in [4.69, 9.17) is 10.7 Å². The van der Waals surface area contributed by atoms with Crippen LogP contribution in [0.25, 0.3) is 0 Å². The van der Waals surface area contributed by atoms with Crippen LogP contribution in [-0.2, 0) is 17.8 Å². The van der Waals surface area contributed by atoms with E-state index in [2.05, 4.69) is 40.7 Å². The summed E-state index contributed by atoms with van der Waals surface area (Å²) in [5, 5.41) is 0. The topological polar surface area (TPSA) is 67.4 Å². The number of aryl methyl sites for hydroxylation is 1. The highest BCUT2D eigenvalue weighted by Crippen LogP contribution is 2.42. The number of aromatic nitrogens is 2. The van der Waals surface area contributed by atoms with Gasteiger partial charge in [-0.2, -0.15) is 0 Å². The Bertz CT molecular complexity index is 925. The summed E-state index contributed by atoms with van der Waals surface area (Å²) >= 11 is 0. The molecule has 166 valence electrons. The van der Waals surface area contributed by atoms with E-state index in [1.54, 1.807) is 6.92 Å². The average Bonchev–Trinajstić information content (AvgIpc) is 3.22. The molecule has 0 spiro atoms. The Morgan fingerprint density at radius 1 is 1.16 bits per heavy atom. The Morgan fingerprint density at radius 3 is 2.55 bits per heavy atom. The van der Waals surface area contributed by atoms with E-state index in [0.29, 0.717) is 24.7 Å². The van der Waals surface area contributed by atoms with Gasteiger partial charge in [0.2, 0.25) is 5.91 Å². The number of hydrogen-bond acceptors (Lipinski definition) is 4. The molecule has 2 saturated heterocycles. The lowest BCUT2D eigenvalue weighted by Crippen LogP contribution is -2.45. The fraction of sp³-hybridized carbons (Fsp3) is 0.600. The molecule has 1 amide bonds. The number of carbonyl (C=O) groups excluding carboxylic acids is 1. The third kappa shape index (κ3) is 3.92. The Hall–Kier alpha value is -2.18. The third-order valence-corrected chi connectivity index (χ3v) is 7.82. The van der Waals surface area contributed by atoms with Crippen LogP contribution in [0, 0.1) is 6.92 Å². The van der Waals surface area contributed by atoms with Crippen LogP contribution in [0.5, 0.6) is 0 Å². The first-order valence-corrected chi connectivity index (χ1v) is 11.9. The number of amides is 1. The number of fused-ring (bicyclic) bond motifs is 3. The van der Waals surface area contributed by atoms with E-state index in [1.807, 2.05) is 11.0 Å². The minimum absolute atomic E-state index is 0.110. The van der Waals surface area contributed by atoms with Crippen molar-refractivity contribution in [1.82, 2.24) is 19.4 Å². The van der Waals surface area contributed by atoms with Crippen molar-refractivity contribution in [3.05, 3.63) is 53.1 Å². The van der Waals surface area contributed by atoms with E-state index in [1.165, 1.54) is 42.6 Å². The van der Waals surface area contributed by atoms with Crippen molar-refractivity contribution in [2.45, 2.75) is 83.1 Å². The summed E-state index contributed by atoms with van der Waals surface area (Å²) in [7, 11) is 0. The van der Waals surface area contributed by atoms with Crippen molar-refractivity contribution >= 4 is 5.91 Å².